The Morgan fingerprint density at radius 2 is 0.797 bits per heavy atom. The Morgan fingerprint density at radius 1 is 0.429 bits per heavy atom. The van der Waals surface area contributed by atoms with Crippen molar-refractivity contribution in [1.29, 1.82) is 0 Å². The Labute approximate surface area is 826 Å². The number of nitrogens with one attached hydrogen (secondary N) is 3. The monoisotopic (exact) mass is 2280 g/mol. The molecule has 17 N–H and O–H groups in total. The summed E-state index contributed by atoms with van der Waals surface area (Å²) in [6.07, 6.45) is 2.43. The summed E-state index contributed by atoms with van der Waals surface area (Å²) in [7, 11) is -37.1. The second kappa shape index (κ2) is 46.2. The molecule has 59 heteroatoms. The quantitative estimate of drug-likeness (QED) is 0.0425. The topological polar surface area (TPSA) is 659 Å². The summed E-state index contributed by atoms with van der Waals surface area (Å²) in [5.74, 6) is -0.427. The van der Waals surface area contributed by atoms with E-state index in [9.17, 15) is 113 Å². The summed E-state index contributed by atoms with van der Waals surface area (Å²) < 4.78 is 236. The number of amides is 1. The van der Waals surface area contributed by atoms with Gasteiger partial charge in [0.2, 0.25) is 66.0 Å². The third-order valence-corrected chi connectivity index (χ3v) is 53.9. The smallest absolute Gasteiger partial charge is 0.304 e. The van der Waals surface area contributed by atoms with Gasteiger partial charge in [0.25, 0.3) is 0 Å². The number of carboxylic acid groups (broad SMARTS) is 1. The molecule has 133 heavy (non-hydrogen) atoms. The lowest BCUT2D eigenvalue weighted by atomic mass is 10.1. The second-order valence-electron chi connectivity index (χ2n) is 30.3. The minimum Gasteiger partial charge on any atom is -0.481 e. The van der Waals surface area contributed by atoms with Crippen LogP contribution < -0.4 is 46.8 Å². The van der Waals surface area contributed by atoms with Crippen molar-refractivity contribution >= 4 is 278 Å². The van der Waals surface area contributed by atoms with E-state index in [1.165, 1.54) is 76.2 Å². The second-order valence-corrected chi connectivity index (χ2v) is 67.1. The molecular formula is C74H97N9O27S23. The van der Waals surface area contributed by atoms with Gasteiger partial charge in [-0.1, -0.05) is 46.8 Å². The standard InChI is InChI=1S/C10H14N2O5S3.2C10H16N2O4S3.C8H9NO5S3.C8H11NO3S3.C8H9NO3S3.C8H8OS2.C7H8O2S2.C5H6S/c1-5-3-8(12-6(2)13)7-4-9(20(11,16)17)18-10(7)19(5,14)15;2*1-3-12-8-4-6(2)18(13,14)10-7(8)5-9(17-10)19(11,15)16;1-4-2-6(10)5-3-7(17(9,13)14)15-8(5)16(4,11)12;2*1-4-2-6(10)5-3-7(15(9,11)12)14-8(5)13-4;1-5-4-7(9)6-2-3-10-8(6)11-5;8-6(9)3-5-11-7-2-1-4-10-7;1-5-3-2-4-6-5/h4-5,8H,3H2,1-2H3,(H,12,13)(H2,11,16,17);2*5-6,8,12H,3-4H2,1-2H3,(H2,11,15,16);3-4H,2H2,1H3,(H2,9,13,14);3-4,6,10H,2H2,1H3,(H2,9,11,12);3-4H,2H2,1H3,(H2,9,11,12);2-3,5H,4H2,1H3;1-2,4H,3,5H2,(H,8,9);2-4H,1H3/t;6-,8+;;;;;;;/m.0......./s1. The Kier molecular flexibility index (Phi) is 39.7. The number of rotatable bonds is 15. The number of aryl methyl sites for hydroxylation is 1. The van der Waals surface area contributed by atoms with Crippen molar-refractivity contribution in [1.82, 2.24) is 16.0 Å². The predicted molar refractivity (Wildman–Crippen MR) is 527 cm³/mol. The molecule has 11 atom stereocenters. The molecule has 738 valence electrons. The summed E-state index contributed by atoms with van der Waals surface area (Å²) >= 11 is 16.5. The number of sulfonamides is 6. The zero-order valence-corrected chi connectivity index (χ0v) is 90.9. The maximum absolute atomic E-state index is 12.2. The van der Waals surface area contributed by atoms with Crippen molar-refractivity contribution in [3.05, 3.63) is 127 Å². The first-order valence-corrected chi connectivity index (χ1v) is 65.8. The van der Waals surface area contributed by atoms with Crippen LogP contribution in [-0.4, -0.2) is 179 Å². The summed E-state index contributed by atoms with van der Waals surface area (Å²) in [6, 6.07) is 17.1. The SMILES string of the molecule is CC(=O)NC1CC(C)S(=O)(=O)c2sc(S(N)(=O)=O)cc21.CC1CC(=O)c2cc(S(N)(=O)=O)sc2S1.CC1CC(=O)c2cc(S(N)(=O)=O)sc2S1(=O)=O.CC1CC(=O)c2ccsc2S1.CC1CC(O)c2cc(S(N)(=O)=O)sc2S1.CCNC1CC(C)S(=O)(=O)c2sc(S(N)(=O)=O)cc21.CCN[C@@H]1C[C@H](C)S(=O)(=O)c2sc(S(N)(=O)=O)cc21.Cc1cccs1.O=C(O)CCSc1cccs1. The van der Waals surface area contributed by atoms with Crippen molar-refractivity contribution in [3.8, 4) is 0 Å². The molecule has 36 nitrogen and oxygen atoms in total. The van der Waals surface area contributed by atoms with Gasteiger partial charge in [-0.25, -0.2) is 115 Å². The summed E-state index contributed by atoms with van der Waals surface area (Å²) in [5, 5.41) is 61.7. The highest BCUT2D eigenvalue weighted by atomic mass is 32.3. The van der Waals surface area contributed by atoms with E-state index in [0.717, 1.165) is 65.4 Å². The molecule has 7 aliphatic heterocycles. The lowest BCUT2D eigenvalue weighted by molar-refractivity contribution is -0.136. The van der Waals surface area contributed by atoms with Crippen LogP contribution in [0.25, 0.3) is 0 Å². The van der Waals surface area contributed by atoms with Gasteiger partial charge >= 0.3 is 5.97 Å². The highest BCUT2D eigenvalue weighted by molar-refractivity contribution is 8.03. The summed E-state index contributed by atoms with van der Waals surface area (Å²) in [4.78, 5) is 57.3. The third kappa shape index (κ3) is 30.0. The van der Waals surface area contributed by atoms with Crippen LogP contribution in [0.15, 0.2) is 142 Å². The Hall–Kier alpha value is -4.21. The van der Waals surface area contributed by atoms with E-state index < -0.39 is 139 Å². The van der Waals surface area contributed by atoms with Gasteiger partial charge in [-0.05, 0) is 144 Å². The average molecular weight is 2280 g/mol. The maximum Gasteiger partial charge on any atom is 0.304 e. The van der Waals surface area contributed by atoms with Crippen LogP contribution in [0.1, 0.15) is 203 Å². The fourth-order valence-electron chi connectivity index (χ4n) is 13.0. The molecule has 0 aliphatic carbocycles. The first-order chi connectivity index (χ1) is 61.2. The maximum atomic E-state index is 12.2. The number of fused-ring (bicyclic) bond motifs is 7. The fraction of sp³-hybridized carbons (Fsp3) is 0.446. The van der Waals surface area contributed by atoms with E-state index >= 15 is 0 Å². The number of thioether (sulfide) groups is 4. The number of hydrogen-bond acceptors (Lipinski definition) is 41. The molecule has 0 saturated heterocycles. The van der Waals surface area contributed by atoms with Crippen molar-refractivity contribution in [2.45, 2.75) is 247 Å². The van der Waals surface area contributed by atoms with Gasteiger partial charge in [-0.2, -0.15) is 0 Å². The number of primary sulfonamides is 6. The number of nitrogens with two attached hydrogens (primary N) is 6. The number of carbonyl (C=O) groups excluding carboxylic acids is 4. The van der Waals surface area contributed by atoms with Gasteiger partial charge in [0.05, 0.1) is 56.4 Å². The molecule has 9 aromatic heterocycles. The van der Waals surface area contributed by atoms with Crippen LogP contribution >= 0.6 is 149 Å². The van der Waals surface area contributed by atoms with Crippen LogP contribution in [-0.2, 0) is 109 Å². The molecule has 16 rings (SSSR count). The molecule has 0 spiro atoms. The van der Waals surface area contributed by atoms with E-state index in [1.807, 2.05) is 68.4 Å². The van der Waals surface area contributed by atoms with Crippen molar-refractivity contribution in [2.24, 2.45) is 30.8 Å². The molecule has 7 aliphatic rings. The highest BCUT2D eigenvalue weighted by Gasteiger charge is 2.44. The molecule has 16 heterocycles. The van der Waals surface area contributed by atoms with Crippen LogP contribution in [0.4, 0.5) is 0 Å². The number of aliphatic hydroxyl groups excluding tert-OH is 1. The molecule has 0 aromatic carbocycles. The number of thiophene rings is 9. The van der Waals surface area contributed by atoms with Gasteiger partial charge < -0.3 is 26.2 Å². The molecular weight excluding hydrogens is 2180 g/mol. The molecule has 0 radical (unpaired) electrons. The minimum absolute atomic E-state index is 0.00222. The van der Waals surface area contributed by atoms with Crippen LogP contribution in [0.3, 0.4) is 0 Å². The van der Waals surface area contributed by atoms with Crippen molar-refractivity contribution < 1.29 is 118 Å². The number of ketones is 3. The van der Waals surface area contributed by atoms with Gasteiger partial charge in [0.15, 0.2) is 56.7 Å². The van der Waals surface area contributed by atoms with E-state index in [0.29, 0.717) is 118 Å². The number of carbonyl (C=O) groups is 5. The zero-order valence-electron chi connectivity index (χ0n) is 72.2. The van der Waals surface area contributed by atoms with E-state index in [1.54, 1.807) is 71.4 Å². The van der Waals surface area contributed by atoms with Crippen molar-refractivity contribution in [2.75, 3.05) is 18.8 Å². The number of Topliss-reactive ketones (excluding diaryl/α,β-unsaturated/α-hetero) is 3. The largest absolute Gasteiger partial charge is 0.481 e. The van der Waals surface area contributed by atoms with Gasteiger partial charge in [0, 0.05) is 104 Å². The lowest BCUT2D eigenvalue weighted by Gasteiger charge is -2.27. The zero-order chi connectivity index (χ0) is 99.9. The summed E-state index contributed by atoms with van der Waals surface area (Å²) in [5.41, 5.74) is 3.43. The van der Waals surface area contributed by atoms with E-state index in [2.05, 4.69) is 47.3 Å². The van der Waals surface area contributed by atoms with Gasteiger partial charge in [-0.15, -0.1) is 149 Å². The molecule has 9 aromatic rings. The third-order valence-electron chi connectivity index (χ3n) is 19.6. The number of aliphatic hydroxyl groups is 1. The van der Waals surface area contributed by atoms with E-state index in [-0.39, 0.29) is 102 Å². The number of sulfone groups is 4. The first kappa shape index (κ1) is 114. The molecule has 9 unspecified atom stereocenters. The first-order valence-electron chi connectivity index (χ1n) is 39.2. The minimum atomic E-state index is -3.99. The lowest BCUT2D eigenvalue weighted by Crippen LogP contribution is -2.35. The van der Waals surface area contributed by atoms with Crippen LogP contribution in [0, 0.1) is 6.92 Å². The van der Waals surface area contributed by atoms with E-state index in [4.69, 9.17) is 35.9 Å². The van der Waals surface area contributed by atoms with Crippen molar-refractivity contribution in [3.63, 3.8) is 0 Å². The van der Waals surface area contributed by atoms with Crippen LogP contribution in [0.5, 0.6) is 0 Å². The Morgan fingerprint density at radius 3 is 1.21 bits per heavy atom. The molecule has 1 amide bonds. The summed E-state index contributed by atoms with van der Waals surface area (Å²) in [6.45, 7) is 20.9. The Bertz CT molecular complexity index is 6880. The highest BCUT2D eigenvalue weighted by Crippen LogP contribution is 2.50. The van der Waals surface area contributed by atoms with Gasteiger partial charge in [0.1, 0.15) is 42.1 Å². The van der Waals surface area contributed by atoms with Crippen LogP contribution in [0.2, 0.25) is 0 Å². The Balaban J connectivity index is 0.000000186. The number of hydrogen-bond donors (Lipinski definition) is 11. The van der Waals surface area contributed by atoms with Gasteiger partial charge in [-0.3, -0.25) is 24.0 Å². The fourth-order valence-corrected chi connectivity index (χ4v) is 42.7. The molecule has 0 saturated carbocycles. The predicted octanol–water partition coefficient (Wildman–Crippen LogP) is 11.5. The number of carboxylic acids is 1. The molecule has 0 fully saturated rings. The normalized spacial score (nSPS) is 22.7. The average Bonchev–Trinajstić information content (AvgIpc) is 1.62. The molecule has 0 bridgehead atoms. The number of aliphatic carboxylic acids is 1.